The van der Waals surface area contributed by atoms with E-state index in [1.165, 1.54) is 11.1 Å². The number of hydrogen-bond donors (Lipinski definition) is 1. The average molecular weight is 380 g/mol. The van der Waals surface area contributed by atoms with Gasteiger partial charge in [0.25, 0.3) is 0 Å². The maximum atomic E-state index is 11.4. The van der Waals surface area contributed by atoms with Gasteiger partial charge in [0.05, 0.1) is 0 Å². The largest absolute Gasteiger partial charge is 0.461 e. The molecule has 0 aromatic heterocycles. The molecule has 1 aliphatic carbocycles. The van der Waals surface area contributed by atoms with E-state index in [1.807, 2.05) is 13.8 Å². The summed E-state index contributed by atoms with van der Waals surface area (Å²) in [5.41, 5.74) is 2.18. The number of nitrogens with one attached hydrogen (secondary N) is 1. The minimum atomic E-state index is -0.596. The number of esters is 1. The zero-order valence-corrected chi connectivity index (χ0v) is 18.1. The SMILES string of the molecule is CC.CC(C)(C)OC(=O)NCC(=O)OC1CCCC1.Cc1ccccc1C. The molecule has 5 heteroatoms. The second-order valence-corrected chi connectivity index (χ2v) is 7.34. The van der Waals surface area contributed by atoms with Crippen LogP contribution in [-0.4, -0.2) is 30.3 Å². The van der Waals surface area contributed by atoms with Gasteiger partial charge in [-0.3, -0.25) is 4.79 Å². The highest BCUT2D eigenvalue weighted by Gasteiger charge is 2.20. The molecule has 1 amide bonds. The van der Waals surface area contributed by atoms with Gasteiger partial charge < -0.3 is 14.8 Å². The Morgan fingerprint density at radius 2 is 1.52 bits per heavy atom. The number of carbonyl (C=O) groups is 2. The van der Waals surface area contributed by atoms with Crippen molar-refractivity contribution in [2.45, 2.75) is 85.9 Å². The molecule has 0 bridgehead atoms. The predicted molar refractivity (Wildman–Crippen MR) is 110 cm³/mol. The summed E-state index contributed by atoms with van der Waals surface area (Å²) >= 11 is 0. The third kappa shape index (κ3) is 12.9. The fraction of sp³-hybridized carbons (Fsp3) is 0.636. The lowest BCUT2D eigenvalue weighted by atomic mass is 10.1. The van der Waals surface area contributed by atoms with Crippen molar-refractivity contribution in [2.24, 2.45) is 0 Å². The van der Waals surface area contributed by atoms with E-state index in [-0.39, 0.29) is 12.6 Å². The van der Waals surface area contributed by atoms with Crippen LogP contribution in [0.5, 0.6) is 0 Å². The fourth-order valence-electron chi connectivity index (χ4n) is 2.35. The second-order valence-electron chi connectivity index (χ2n) is 7.34. The van der Waals surface area contributed by atoms with E-state index in [9.17, 15) is 9.59 Å². The van der Waals surface area contributed by atoms with E-state index < -0.39 is 17.7 Å². The summed E-state index contributed by atoms with van der Waals surface area (Å²) in [5.74, 6) is -0.400. The average Bonchev–Trinajstić information content (AvgIpc) is 3.10. The zero-order chi connectivity index (χ0) is 20.9. The van der Waals surface area contributed by atoms with E-state index >= 15 is 0 Å². The van der Waals surface area contributed by atoms with Crippen molar-refractivity contribution in [1.29, 1.82) is 0 Å². The van der Waals surface area contributed by atoms with Gasteiger partial charge in [0, 0.05) is 0 Å². The van der Waals surface area contributed by atoms with Crippen molar-refractivity contribution in [3.8, 4) is 0 Å². The highest BCUT2D eigenvalue weighted by atomic mass is 16.6. The summed E-state index contributed by atoms with van der Waals surface area (Å²) < 4.78 is 10.2. The molecule has 0 unspecified atom stereocenters. The molecule has 27 heavy (non-hydrogen) atoms. The van der Waals surface area contributed by atoms with Crippen molar-refractivity contribution in [2.75, 3.05) is 6.54 Å². The number of ether oxygens (including phenoxy) is 2. The summed E-state index contributed by atoms with van der Waals surface area (Å²) in [5, 5.41) is 2.38. The number of alkyl carbamates (subject to hydrolysis) is 1. The molecule has 2 rings (SSSR count). The quantitative estimate of drug-likeness (QED) is 0.721. The number of rotatable bonds is 3. The Morgan fingerprint density at radius 3 is 1.93 bits per heavy atom. The maximum Gasteiger partial charge on any atom is 0.408 e. The van der Waals surface area contributed by atoms with E-state index in [2.05, 4.69) is 43.4 Å². The third-order valence-corrected chi connectivity index (χ3v) is 3.80. The lowest BCUT2D eigenvalue weighted by Crippen LogP contribution is -2.36. The van der Waals surface area contributed by atoms with E-state index in [4.69, 9.17) is 9.47 Å². The van der Waals surface area contributed by atoms with Gasteiger partial charge in [-0.2, -0.15) is 0 Å². The van der Waals surface area contributed by atoms with Crippen LogP contribution in [0.15, 0.2) is 24.3 Å². The Labute approximate surface area is 164 Å². The van der Waals surface area contributed by atoms with Gasteiger partial charge >= 0.3 is 12.1 Å². The van der Waals surface area contributed by atoms with Crippen LogP contribution in [0.2, 0.25) is 0 Å². The van der Waals surface area contributed by atoms with Crippen molar-refractivity contribution in [3.05, 3.63) is 35.4 Å². The Morgan fingerprint density at radius 1 is 1.04 bits per heavy atom. The summed E-state index contributed by atoms with van der Waals surface area (Å²) in [6.45, 7) is 13.4. The molecule has 0 saturated heterocycles. The van der Waals surface area contributed by atoms with E-state index in [1.54, 1.807) is 20.8 Å². The standard InChI is InChI=1S/C12H21NO4.C8H10.C2H6/c1-12(2,3)17-11(15)13-8-10(14)16-9-6-4-5-7-9;1-7-5-3-4-6-8(7)2;1-2/h9H,4-8H2,1-3H3,(H,13,15);3-6H,1-2H3;1-2H3. The molecule has 0 aliphatic heterocycles. The fourth-order valence-corrected chi connectivity index (χ4v) is 2.35. The van der Waals surface area contributed by atoms with Crippen LogP contribution in [0, 0.1) is 13.8 Å². The Balaban J connectivity index is 0.000000562. The number of aryl methyl sites for hydroxylation is 2. The predicted octanol–water partition coefficient (Wildman–Crippen LogP) is 5.33. The molecular formula is C22H37NO4. The first-order valence-electron chi connectivity index (χ1n) is 9.86. The van der Waals surface area contributed by atoms with Crippen molar-refractivity contribution in [3.63, 3.8) is 0 Å². The molecule has 154 valence electrons. The normalized spacial score (nSPS) is 13.4. The monoisotopic (exact) mass is 379 g/mol. The van der Waals surface area contributed by atoms with Crippen LogP contribution in [0.3, 0.4) is 0 Å². The molecule has 0 radical (unpaired) electrons. The summed E-state index contributed by atoms with van der Waals surface area (Å²) in [6, 6.07) is 8.36. The van der Waals surface area contributed by atoms with Crippen molar-refractivity contribution < 1.29 is 19.1 Å². The maximum absolute atomic E-state index is 11.4. The second kappa shape index (κ2) is 13.2. The highest BCUT2D eigenvalue weighted by Crippen LogP contribution is 2.20. The molecule has 1 fully saturated rings. The lowest BCUT2D eigenvalue weighted by Gasteiger charge is -2.19. The molecular weight excluding hydrogens is 342 g/mol. The van der Waals surface area contributed by atoms with Crippen LogP contribution in [0.25, 0.3) is 0 Å². The summed E-state index contributed by atoms with van der Waals surface area (Å²) in [6.07, 6.45) is 3.51. The van der Waals surface area contributed by atoms with Crippen LogP contribution < -0.4 is 5.32 Å². The van der Waals surface area contributed by atoms with Crippen LogP contribution >= 0.6 is 0 Å². The first kappa shape index (κ1) is 25.0. The van der Waals surface area contributed by atoms with Crippen LogP contribution in [0.4, 0.5) is 4.79 Å². The Kier molecular flexibility index (Phi) is 12.2. The first-order chi connectivity index (χ1) is 12.7. The van der Waals surface area contributed by atoms with Gasteiger partial charge in [-0.05, 0) is 71.4 Å². The van der Waals surface area contributed by atoms with Gasteiger partial charge in [0.2, 0.25) is 0 Å². The Hall–Kier alpha value is -2.04. The van der Waals surface area contributed by atoms with Crippen LogP contribution in [0.1, 0.15) is 71.4 Å². The van der Waals surface area contributed by atoms with Crippen LogP contribution in [-0.2, 0) is 14.3 Å². The van der Waals surface area contributed by atoms with E-state index in [0.717, 1.165) is 25.7 Å². The van der Waals surface area contributed by atoms with Gasteiger partial charge in [-0.15, -0.1) is 0 Å². The smallest absolute Gasteiger partial charge is 0.408 e. The number of benzene rings is 1. The van der Waals surface area contributed by atoms with E-state index in [0.29, 0.717) is 0 Å². The van der Waals surface area contributed by atoms with Gasteiger partial charge in [-0.1, -0.05) is 38.1 Å². The molecule has 5 nitrogen and oxygen atoms in total. The molecule has 1 aromatic rings. The summed E-state index contributed by atoms with van der Waals surface area (Å²) in [4.78, 5) is 22.6. The number of amides is 1. The molecule has 0 heterocycles. The highest BCUT2D eigenvalue weighted by molar-refractivity contribution is 5.78. The molecule has 0 spiro atoms. The third-order valence-electron chi connectivity index (χ3n) is 3.80. The molecule has 1 aromatic carbocycles. The molecule has 0 atom stereocenters. The number of carbonyl (C=O) groups excluding carboxylic acids is 2. The first-order valence-corrected chi connectivity index (χ1v) is 9.86. The minimum absolute atomic E-state index is 0.0305. The van der Waals surface area contributed by atoms with Crippen molar-refractivity contribution in [1.82, 2.24) is 5.32 Å². The van der Waals surface area contributed by atoms with Crippen molar-refractivity contribution >= 4 is 12.1 Å². The zero-order valence-electron chi connectivity index (χ0n) is 18.1. The molecule has 1 saturated carbocycles. The lowest BCUT2D eigenvalue weighted by molar-refractivity contribution is -0.147. The minimum Gasteiger partial charge on any atom is -0.461 e. The van der Waals surface area contributed by atoms with Gasteiger partial charge in [0.15, 0.2) is 0 Å². The molecule has 1 N–H and O–H groups in total. The van der Waals surface area contributed by atoms with Gasteiger partial charge in [-0.25, -0.2) is 4.79 Å². The Bertz CT molecular complexity index is 537. The summed E-state index contributed by atoms with van der Waals surface area (Å²) in [7, 11) is 0. The number of hydrogen-bond acceptors (Lipinski definition) is 4. The van der Waals surface area contributed by atoms with Gasteiger partial charge in [0.1, 0.15) is 18.2 Å². The topological polar surface area (TPSA) is 64.6 Å². The molecule has 1 aliphatic rings.